The molecule has 86 valence electrons. The number of methoxy groups -OCH3 is 2. The van der Waals surface area contributed by atoms with Gasteiger partial charge in [0.15, 0.2) is 0 Å². The molecule has 0 amide bonds. The third-order valence-corrected chi connectivity index (χ3v) is 1.79. The molecule has 6 nitrogen and oxygen atoms in total. The molecule has 0 aliphatic carbocycles. The van der Waals surface area contributed by atoms with Crippen molar-refractivity contribution in [3.63, 3.8) is 0 Å². The van der Waals surface area contributed by atoms with Gasteiger partial charge in [-0.2, -0.15) is 0 Å². The zero-order valence-electron chi connectivity index (χ0n) is 8.78. The molecule has 0 unspecified atom stereocenters. The molecule has 3 N–H and O–H groups in total. The molecule has 0 aliphatic heterocycles. The fourth-order valence-corrected chi connectivity index (χ4v) is 0.954. The van der Waals surface area contributed by atoms with Gasteiger partial charge in [0, 0.05) is 6.61 Å². The van der Waals surface area contributed by atoms with E-state index in [9.17, 15) is 9.59 Å². The smallest absolute Gasteiger partial charge is 0.353 e. The van der Waals surface area contributed by atoms with E-state index >= 15 is 0 Å². The van der Waals surface area contributed by atoms with E-state index in [1.165, 1.54) is 14.2 Å². The first-order chi connectivity index (χ1) is 7.06. The monoisotopic (exact) mass is 217 g/mol. The van der Waals surface area contributed by atoms with Crippen LogP contribution in [0.1, 0.15) is 12.8 Å². The van der Waals surface area contributed by atoms with Crippen LogP contribution in [-0.4, -0.2) is 37.9 Å². The van der Waals surface area contributed by atoms with E-state index in [1.54, 1.807) is 0 Å². The Morgan fingerprint density at radius 3 is 2.27 bits per heavy atom. The maximum Gasteiger partial charge on any atom is 0.353 e. The standard InChI is InChI=1S/C9H15NO5/c1-14-7(12)5-6(3-4-11)8(10)9(13)15-2/h11H,3-5,10H2,1-2H3. The predicted octanol–water partition coefficient (Wildman–Crippen LogP) is -0.682. The molecule has 0 heterocycles. The van der Waals surface area contributed by atoms with Gasteiger partial charge in [0.25, 0.3) is 0 Å². The molecule has 0 bridgehead atoms. The molecule has 0 aromatic carbocycles. The molecule has 0 rings (SSSR count). The first kappa shape index (κ1) is 13.4. The summed E-state index contributed by atoms with van der Waals surface area (Å²) in [4.78, 5) is 22.0. The lowest BCUT2D eigenvalue weighted by molar-refractivity contribution is -0.139. The van der Waals surface area contributed by atoms with Gasteiger partial charge < -0.3 is 20.3 Å². The Kier molecular flexibility index (Phi) is 6.12. The van der Waals surface area contributed by atoms with Crippen molar-refractivity contribution in [2.75, 3.05) is 20.8 Å². The Morgan fingerprint density at radius 2 is 1.87 bits per heavy atom. The van der Waals surface area contributed by atoms with Crippen LogP contribution in [0, 0.1) is 0 Å². The van der Waals surface area contributed by atoms with E-state index in [4.69, 9.17) is 10.8 Å². The van der Waals surface area contributed by atoms with Gasteiger partial charge in [0.2, 0.25) is 0 Å². The number of esters is 2. The highest BCUT2D eigenvalue weighted by atomic mass is 16.5. The van der Waals surface area contributed by atoms with Crippen molar-refractivity contribution < 1.29 is 24.2 Å². The SMILES string of the molecule is COC(=O)CC(CCO)=C(N)C(=O)OC. The first-order valence-electron chi connectivity index (χ1n) is 4.30. The van der Waals surface area contributed by atoms with Gasteiger partial charge >= 0.3 is 11.9 Å². The molecule has 6 heteroatoms. The largest absolute Gasteiger partial charge is 0.469 e. The molecule has 0 fully saturated rings. The third-order valence-electron chi connectivity index (χ3n) is 1.79. The molecule has 0 aliphatic rings. The van der Waals surface area contributed by atoms with Crippen LogP contribution in [0.25, 0.3) is 0 Å². The van der Waals surface area contributed by atoms with Crippen molar-refractivity contribution in [1.82, 2.24) is 0 Å². The summed E-state index contributed by atoms with van der Waals surface area (Å²) in [6.45, 7) is -0.204. The summed E-state index contributed by atoms with van der Waals surface area (Å²) < 4.78 is 8.83. The number of carbonyl (C=O) groups excluding carboxylic acids is 2. The molecule has 0 aromatic heterocycles. The highest BCUT2D eigenvalue weighted by Crippen LogP contribution is 2.11. The van der Waals surface area contributed by atoms with Crippen molar-refractivity contribution in [3.05, 3.63) is 11.3 Å². The summed E-state index contributed by atoms with van der Waals surface area (Å²) in [5, 5.41) is 8.73. The third kappa shape index (κ3) is 4.46. The lowest BCUT2D eigenvalue weighted by Crippen LogP contribution is -2.18. The summed E-state index contributed by atoms with van der Waals surface area (Å²) in [6, 6.07) is 0. The molecule has 0 radical (unpaired) electrons. The Bertz CT molecular complexity index is 272. The predicted molar refractivity (Wildman–Crippen MR) is 51.6 cm³/mol. The van der Waals surface area contributed by atoms with Gasteiger partial charge in [-0.05, 0) is 12.0 Å². The maximum atomic E-state index is 11.1. The average molecular weight is 217 g/mol. The van der Waals surface area contributed by atoms with Crippen molar-refractivity contribution in [2.45, 2.75) is 12.8 Å². The minimum Gasteiger partial charge on any atom is -0.469 e. The van der Waals surface area contributed by atoms with Gasteiger partial charge in [-0.3, -0.25) is 4.79 Å². The number of nitrogens with two attached hydrogens (primary N) is 1. The van der Waals surface area contributed by atoms with Crippen LogP contribution in [-0.2, 0) is 19.1 Å². The number of hydrogen-bond donors (Lipinski definition) is 2. The Hall–Kier alpha value is -1.56. The van der Waals surface area contributed by atoms with Gasteiger partial charge in [0.05, 0.1) is 20.6 Å². The normalized spacial score (nSPS) is 11.7. The average Bonchev–Trinajstić information content (AvgIpc) is 2.26. The molecule has 0 saturated carbocycles. The fraction of sp³-hybridized carbons (Fsp3) is 0.556. The van der Waals surface area contributed by atoms with E-state index in [-0.39, 0.29) is 25.1 Å². The zero-order valence-corrected chi connectivity index (χ0v) is 8.78. The molecule has 0 aromatic rings. The first-order valence-corrected chi connectivity index (χ1v) is 4.30. The number of ether oxygens (including phenoxy) is 2. The highest BCUT2D eigenvalue weighted by Gasteiger charge is 2.15. The van der Waals surface area contributed by atoms with E-state index < -0.39 is 11.9 Å². The minimum atomic E-state index is -0.720. The second kappa shape index (κ2) is 6.83. The molecular weight excluding hydrogens is 202 g/mol. The van der Waals surface area contributed by atoms with Crippen LogP contribution >= 0.6 is 0 Å². The Labute approximate surface area is 87.7 Å². The summed E-state index contributed by atoms with van der Waals surface area (Å²) >= 11 is 0. The lowest BCUT2D eigenvalue weighted by atomic mass is 10.1. The summed E-state index contributed by atoms with van der Waals surface area (Å²) in [5.74, 6) is -1.24. The van der Waals surface area contributed by atoms with E-state index in [0.29, 0.717) is 5.57 Å². The van der Waals surface area contributed by atoms with Crippen LogP contribution in [0.4, 0.5) is 0 Å². The van der Waals surface area contributed by atoms with Crippen molar-refractivity contribution in [3.8, 4) is 0 Å². The lowest BCUT2D eigenvalue weighted by Gasteiger charge is -2.08. The maximum absolute atomic E-state index is 11.1. The zero-order chi connectivity index (χ0) is 11.8. The molecule has 0 spiro atoms. The van der Waals surface area contributed by atoms with Crippen LogP contribution in [0.2, 0.25) is 0 Å². The van der Waals surface area contributed by atoms with Crippen molar-refractivity contribution in [1.29, 1.82) is 0 Å². The second-order valence-electron chi connectivity index (χ2n) is 2.74. The fourth-order valence-electron chi connectivity index (χ4n) is 0.954. The van der Waals surface area contributed by atoms with E-state index in [1.807, 2.05) is 0 Å². The number of carbonyl (C=O) groups is 2. The highest BCUT2D eigenvalue weighted by molar-refractivity contribution is 5.89. The Balaban J connectivity index is 4.76. The minimum absolute atomic E-state index is 0.127. The van der Waals surface area contributed by atoms with Crippen LogP contribution in [0.15, 0.2) is 11.3 Å². The summed E-state index contributed by atoms with van der Waals surface area (Å²) in [5.41, 5.74) is 5.61. The summed E-state index contributed by atoms with van der Waals surface area (Å²) in [6.07, 6.45) is 0.00796. The molecule has 15 heavy (non-hydrogen) atoms. The molecular formula is C9H15NO5. The van der Waals surface area contributed by atoms with Gasteiger partial charge in [-0.15, -0.1) is 0 Å². The van der Waals surface area contributed by atoms with Crippen LogP contribution in [0.5, 0.6) is 0 Å². The number of aliphatic hydroxyl groups is 1. The quantitative estimate of drug-likeness (QED) is 0.467. The topological polar surface area (TPSA) is 98.9 Å². The Morgan fingerprint density at radius 1 is 1.27 bits per heavy atom. The van der Waals surface area contributed by atoms with Crippen molar-refractivity contribution >= 4 is 11.9 Å². The van der Waals surface area contributed by atoms with Gasteiger partial charge in [0.1, 0.15) is 5.70 Å². The van der Waals surface area contributed by atoms with Crippen LogP contribution in [0.3, 0.4) is 0 Å². The van der Waals surface area contributed by atoms with E-state index in [0.717, 1.165) is 0 Å². The number of rotatable bonds is 5. The van der Waals surface area contributed by atoms with Gasteiger partial charge in [-0.25, -0.2) is 4.79 Å². The summed E-state index contributed by atoms with van der Waals surface area (Å²) in [7, 11) is 2.41. The number of hydrogen-bond acceptors (Lipinski definition) is 6. The molecule has 0 atom stereocenters. The van der Waals surface area contributed by atoms with Gasteiger partial charge in [-0.1, -0.05) is 0 Å². The van der Waals surface area contributed by atoms with Crippen molar-refractivity contribution in [2.24, 2.45) is 5.73 Å². The van der Waals surface area contributed by atoms with Crippen LogP contribution < -0.4 is 5.73 Å². The second-order valence-corrected chi connectivity index (χ2v) is 2.74. The van der Waals surface area contributed by atoms with E-state index in [2.05, 4.69) is 9.47 Å². The molecule has 0 saturated heterocycles. The number of aliphatic hydroxyl groups excluding tert-OH is 1.